The van der Waals surface area contributed by atoms with Gasteiger partial charge in [-0.1, -0.05) is 55.0 Å². The summed E-state index contributed by atoms with van der Waals surface area (Å²) < 4.78 is 31.7. The molecule has 5 rings (SSSR count). The van der Waals surface area contributed by atoms with Crippen LogP contribution in [0.4, 0.5) is 5.69 Å². The first-order valence-electron chi connectivity index (χ1n) is 12.1. The number of carbonyl (C=O) groups is 3. The number of sulfonamides is 1. The molecule has 4 aromatic rings. The predicted molar refractivity (Wildman–Crippen MR) is 144 cm³/mol. The smallest absolute Gasteiger partial charge is 0.302 e. The highest BCUT2D eigenvalue weighted by Crippen LogP contribution is 2.33. The number of fused-ring (bicyclic) bond motifs is 1. The molecule has 0 bridgehead atoms. The number of nitrogens with zero attached hydrogens (tertiary/aromatic N) is 3. The van der Waals surface area contributed by atoms with Crippen LogP contribution < -0.4 is 9.73 Å². The summed E-state index contributed by atoms with van der Waals surface area (Å²) in [6, 6.07) is 17.9. The Morgan fingerprint density at radius 1 is 0.949 bits per heavy atom. The number of hydrogen-bond donors (Lipinski definition) is 1. The van der Waals surface area contributed by atoms with Gasteiger partial charge >= 0.3 is 5.91 Å². The highest BCUT2D eigenvalue weighted by molar-refractivity contribution is 7.89. The number of amides is 2. The van der Waals surface area contributed by atoms with Crippen LogP contribution in [0, 0.1) is 13.8 Å². The van der Waals surface area contributed by atoms with E-state index in [4.69, 9.17) is 4.42 Å². The molecular formula is C28H24N4O6S. The highest BCUT2D eigenvalue weighted by Gasteiger charge is 2.50. The molecule has 2 heterocycles. The number of carbonyl (C=O) groups excluding carboxylic acids is 3. The molecule has 2 amide bonds. The molecule has 1 saturated heterocycles. The number of benzene rings is 3. The summed E-state index contributed by atoms with van der Waals surface area (Å²) in [6.45, 7) is 5.37. The van der Waals surface area contributed by atoms with E-state index in [1.807, 2.05) is 13.8 Å². The average Bonchev–Trinajstić information content (AvgIpc) is 3.34. The Balaban J connectivity index is 1.66. The fourth-order valence-corrected chi connectivity index (χ4v) is 5.27. The van der Waals surface area contributed by atoms with Crippen molar-refractivity contribution in [2.24, 2.45) is 5.10 Å². The van der Waals surface area contributed by atoms with Gasteiger partial charge in [-0.05, 0) is 55.7 Å². The van der Waals surface area contributed by atoms with Crippen LogP contribution in [0.5, 0.6) is 0 Å². The molecule has 198 valence electrons. The van der Waals surface area contributed by atoms with Gasteiger partial charge in [-0.15, -0.1) is 0 Å². The van der Waals surface area contributed by atoms with Gasteiger partial charge in [-0.2, -0.15) is 18.4 Å². The average molecular weight is 545 g/mol. The van der Waals surface area contributed by atoms with E-state index < -0.39 is 39.3 Å². The van der Waals surface area contributed by atoms with Crippen molar-refractivity contribution in [3.63, 3.8) is 0 Å². The number of piperidine rings is 1. The zero-order valence-electron chi connectivity index (χ0n) is 21.3. The monoisotopic (exact) mass is 544 g/mol. The Kier molecular flexibility index (Phi) is 6.61. The first kappa shape index (κ1) is 26.0. The molecule has 1 unspecified atom stereocenters. The standard InChI is InChI=1S/C28H24N4O6S/c1-4-18-9-7-8-17(3)24(18)32-27(34)23(30-31-39(36,37)19-14-12-16(2)13-15-19)22(25(33)28(32)35)26-29-20-10-5-6-11-21(20)38-26/h5-15,22,31H,4H2,1-3H3. The molecule has 0 saturated carbocycles. The Hall–Kier alpha value is -4.64. The van der Waals surface area contributed by atoms with Crippen LogP contribution in [-0.2, 0) is 30.8 Å². The number of para-hydroxylation sites is 3. The van der Waals surface area contributed by atoms with E-state index in [9.17, 15) is 22.8 Å². The second-order valence-corrected chi connectivity index (χ2v) is 10.8. The number of aryl methyl sites for hydroxylation is 3. The molecule has 39 heavy (non-hydrogen) atoms. The lowest BCUT2D eigenvalue weighted by atomic mass is 9.90. The summed E-state index contributed by atoms with van der Waals surface area (Å²) in [7, 11) is -4.22. The minimum Gasteiger partial charge on any atom is -0.439 e. The maximum Gasteiger partial charge on any atom is 0.302 e. The quantitative estimate of drug-likeness (QED) is 0.222. The largest absolute Gasteiger partial charge is 0.439 e. The number of Topliss-reactive ketones (excluding diaryl/α,β-unsaturated/α-hetero) is 1. The first-order valence-corrected chi connectivity index (χ1v) is 13.6. The lowest BCUT2D eigenvalue weighted by Gasteiger charge is -2.30. The van der Waals surface area contributed by atoms with Crippen molar-refractivity contribution in [1.29, 1.82) is 0 Å². The summed E-state index contributed by atoms with van der Waals surface area (Å²) in [4.78, 5) is 48.0. The van der Waals surface area contributed by atoms with Crippen LogP contribution in [-0.4, -0.2) is 36.7 Å². The second-order valence-electron chi connectivity index (χ2n) is 9.10. The van der Waals surface area contributed by atoms with Crippen LogP contribution in [0.2, 0.25) is 0 Å². The number of hydrogen-bond acceptors (Lipinski definition) is 8. The summed E-state index contributed by atoms with van der Waals surface area (Å²) in [5.74, 6) is -4.96. The summed E-state index contributed by atoms with van der Waals surface area (Å²) >= 11 is 0. The number of imide groups is 1. The summed E-state index contributed by atoms with van der Waals surface area (Å²) in [6.07, 6.45) is 0.476. The van der Waals surface area contributed by atoms with E-state index in [1.165, 1.54) is 12.1 Å². The van der Waals surface area contributed by atoms with Gasteiger partial charge in [-0.25, -0.2) is 9.88 Å². The molecular weight excluding hydrogens is 520 g/mol. The third-order valence-corrected chi connectivity index (χ3v) is 7.70. The van der Waals surface area contributed by atoms with Gasteiger partial charge in [0.1, 0.15) is 11.2 Å². The number of anilines is 1. The third kappa shape index (κ3) is 4.61. The lowest BCUT2D eigenvalue weighted by Crippen LogP contribution is -2.55. The second kappa shape index (κ2) is 9.91. The maximum absolute atomic E-state index is 13.9. The molecule has 10 nitrogen and oxygen atoms in total. The topological polar surface area (TPSA) is 139 Å². The normalized spacial score (nSPS) is 17.3. The Morgan fingerprint density at radius 2 is 1.67 bits per heavy atom. The number of aromatic nitrogens is 1. The van der Waals surface area contributed by atoms with E-state index in [-0.39, 0.29) is 16.5 Å². The number of hydrazone groups is 1. The van der Waals surface area contributed by atoms with E-state index in [0.717, 1.165) is 10.5 Å². The van der Waals surface area contributed by atoms with Crippen molar-refractivity contribution in [2.45, 2.75) is 38.0 Å². The van der Waals surface area contributed by atoms with E-state index in [1.54, 1.807) is 61.5 Å². The minimum atomic E-state index is -4.22. The van der Waals surface area contributed by atoms with Crippen molar-refractivity contribution in [2.75, 3.05) is 4.90 Å². The number of nitrogens with one attached hydrogen (secondary N) is 1. The molecule has 1 aliphatic rings. The summed E-state index contributed by atoms with van der Waals surface area (Å²) in [5.41, 5.74) is 2.54. The fourth-order valence-electron chi connectivity index (χ4n) is 4.45. The van der Waals surface area contributed by atoms with Crippen LogP contribution in [0.1, 0.15) is 35.4 Å². The predicted octanol–water partition coefficient (Wildman–Crippen LogP) is 3.57. The van der Waals surface area contributed by atoms with E-state index in [2.05, 4.69) is 14.9 Å². The van der Waals surface area contributed by atoms with Gasteiger partial charge < -0.3 is 4.42 Å². The highest BCUT2D eigenvalue weighted by atomic mass is 32.2. The van der Waals surface area contributed by atoms with Gasteiger partial charge in [0.15, 0.2) is 11.5 Å². The molecule has 1 N–H and O–H groups in total. The Morgan fingerprint density at radius 3 is 2.36 bits per heavy atom. The fraction of sp³-hybridized carbons (Fsp3) is 0.179. The van der Waals surface area contributed by atoms with Gasteiger partial charge in [0.25, 0.3) is 15.9 Å². The van der Waals surface area contributed by atoms with Crippen molar-refractivity contribution < 1.29 is 27.2 Å². The van der Waals surface area contributed by atoms with Crippen molar-refractivity contribution in [1.82, 2.24) is 9.82 Å². The molecule has 1 aromatic heterocycles. The van der Waals surface area contributed by atoms with Gasteiger partial charge in [0.2, 0.25) is 11.7 Å². The zero-order chi connectivity index (χ0) is 27.9. The molecule has 0 spiro atoms. The number of oxazole rings is 1. The summed E-state index contributed by atoms with van der Waals surface area (Å²) in [5, 5.41) is 3.92. The van der Waals surface area contributed by atoms with Gasteiger partial charge in [0.05, 0.1) is 10.6 Å². The van der Waals surface area contributed by atoms with E-state index >= 15 is 0 Å². The van der Waals surface area contributed by atoms with Crippen LogP contribution in [0.15, 0.2) is 81.1 Å². The van der Waals surface area contributed by atoms with Crippen LogP contribution in [0.3, 0.4) is 0 Å². The molecule has 11 heteroatoms. The zero-order valence-corrected chi connectivity index (χ0v) is 22.2. The maximum atomic E-state index is 13.9. The van der Waals surface area contributed by atoms with Crippen molar-refractivity contribution in [3.8, 4) is 0 Å². The van der Waals surface area contributed by atoms with Gasteiger partial charge in [-0.3, -0.25) is 14.4 Å². The first-order chi connectivity index (χ1) is 18.6. The number of ketones is 1. The van der Waals surface area contributed by atoms with Crippen LogP contribution >= 0.6 is 0 Å². The molecule has 1 fully saturated rings. The van der Waals surface area contributed by atoms with Crippen molar-refractivity contribution in [3.05, 3.63) is 89.3 Å². The van der Waals surface area contributed by atoms with E-state index in [0.29, 0.717) is 28.6 Å². The SMILES string of the molecule is CCc1cccc(C)c1N1C(=O)C(=O)C(c2nc3ccccc3o2)C(=NNS(=O)(=O)c2ccc(C)cc2)C1=O. The molecule has 1 aliphatic heterocycles. The van der Waals surface area contributed by atoms with Crippen LogP contribution in [0.25, 0.3) is 11.1 Å². The number of rotatable bonds is 6. The molecule has 1 atom stereocenters. The third-order valence-electron chi connectivity index (χ3n) is 6.47. The Bertz CT molecular complexity index is 1740. The molecule has 3 aromatic carbocycles. The lowest BCUT2D eigenvalue weighted by molar-refractivity contribution is -0.139. The minimum absolute atomic E-state index is 0.0921. The van der Waals surface area contributed by atoms with Gasteiger partial charge in [0, 0.05) is 0 Å². The Labute approximate surface area is 224 Å². The molecule has 0 radical (unpaired) electrons. The van der Waals surface area contributed by atoms with Crippen molar-refractivity contribution >= 4 is 50.1 Å². The molecule has 0 aliphatic carbocycles.